The highest BCUT2D eigenvalue weighted by atomic mass is 16.5. The van der Waals surface area contributed by atoms with Gasteiger partial charge in [0.25, 0.3) is 11.7 Å². The zero-order chi connectivity index (χ0) is 26.9. The van der Waals surface area contributed by atoms with Crippen molar-refractivity contribution >= 4 is 17.4 Å². The second kappa shape index (κ2) is 13.4. The van der Waals surface area contributed by atoms with Gasteiger partial charge in [-0.1, -0.05) is 31.9 Å². The molecular weight excluding hydrogens is 484 g/mol. The van der Waals surface area contributed by atoms with E-state index >= 15 is 0 Å². The molecule has 0 aromatic heterocycles. The lowest BCUT2D eigenvalue weighted by Crippen LogP contribution is -2.42. The number of aliphatic hydroxyl groups excluding tert-OH is 1. The Balaban J connectivity index is 1.67. The molecule has 0 saturated carbocycles. The summed E-state index contributed by atoms with van der Waals surface area (Å²) in [5.74, 6) is -0.139. The number of hydrogen-bond donors (Lipinski definition) is 1. The first-order valence-corrected chi connectivity index (χ1v) is 13.6. The number of carbonyl (C=O) groups is 2. The first-order valence-electron chi connectivity index (χ1n) is 13.6. The second-order valence-electron chi connectivity index (χ2n) is 9.53. The van der Waals surface area contributed by atoms with Gasteiger partial charge in [0.1, 0.15) is 17.3 Å². The van der Waals surface area contributed by atoms with E-state index in [1.807, 2.05) is 31.2 Å². The van der Waals surface area contributed by atoms with E-state index in [1.165, 1.54) is 0 Å². The number of nitrogens with zero attached hydrogens (tertiary/aromatic N) is 2. The molecule has 2 heterocycles. The van der Waals surface area contributed by atoms with Crippen molar-refractivity contribution in [2.75, 3.05) is 52.6 Å². The summed E-state index contributed by atoms with van der Waals surface area (Å²) in [6, 6.07) is 13.7. The fourth-order valence-corrected chi connectivity index (χ4v) is 4.88. The number of unbranched alkanes of at least 4 members (excludes halogenated alkanes) is 2. The number of morpholine rings is 1. The average molecular weight is 523 g/mol. The maximum absolute atomic E-state index is 13.4. The Hall–Kier alpha value is -3.36. The summed E-state index contributed by atoms with van der Waals surface area (Å²) < 4.78 is 16.9. The molecule has 1 unspecified atom stereocenters. The molecule has 2 aromatic rings. The number of aliphatic hydroxyl groups is 1. The first kappa shape index (κ1) is 27.7. The largest absolute Gasteiger partial charge is 0.507 e. The maximum atomic E-state index is 13.4. The Labute approximate surface area is 224 Å². The zero-order valence-corrected chi connectivity index (χ0v) is 22.4. The van der Waals surface area contributed by atoms with Gasteiger partial charge in [-0.25, -0.2) is 0 Å². The van der Waals surface area contributed by atoms with E-state index in [9.17, 15) is 14.7 Å². The number of amides is 1. The third kappa shape index (κ3) is 6.55. The molecule has 4 rings (SSSR count). The summed E-state index contributed by atoms with van der Waals surface area (Å²) in [5.41, 5.74) is 1.27. The van der Waals surface area contributed by atoms with E-state index < -0.39 is 17.7 Å². The van der Waals surface area contributed by atoms with Crippen LogP contribution in [0.15, 0.2) is 54.1 Å². The Bertz CT molecular complexity index is 1120. The lowest BCUT2D eigenvalue weighted by Gasteiger charge is -2.31. The highest BCUT2D eigenvalue weighted by Gasteiger charge is 2.46. The molecule has 0 bridgehead atoms. The number of rotatable bonds is 12. The van der Waals surface area contributed by atoms with E-state index in [1.54, 1.807) is 29.2 Å². The predicted octanol–water partition coefficient (Wildman–Crippen LogP) is 4.41. The number of benzene rings is 2. The van der Waals surface area contributed by atoms with Crippen LogP contribution < -0.4 is 9.47 Å². The van der Waals surface area contributed by atoms with Crippen LogP contribution in [-0.2, 0) is 14.3 Å². The molecule has 2 fully saturated rings. The van der Waals surface area contributed by atoms with Gasteiger partial charge in [0.15, 0.2) is 0 Å². The number of ether oxygens (including phenoxy) is 3. The van der Waals surface area contributed by atoms with Gasteiger partial charge in [0.2, 0.25) is 0 Å². The molecule has 1 amide bonds. The minimum Gasteiger partial charge on any atom is -0.507 e. The summed E-state index contributed by atoms with van der Waals surface area (Å²) in [6.07, 6.45) is 3.15. The fraction of sp³-hybridized carbons (Fsp3) is 0.467. The summed E-state index contributed by atoms with van der Waals surface area (Å²) in [4.78, 5) is 30.5. The van der Waals surface area contributed by atoms with E-state index in [-0.39, 0.29) is 11.3 Å². The molecule has 1 N–H and O–H groups in total. The lowest BCUT2D eigenvalue weighted by molar-refractivity contribution is -0.140. The van der Waals surface area contributed by atoms with Crippen molar-refractivity contribution < 1.29 is 28.9 Å². The summed E-state index contributed by atoms with van der Waals surface area (Å²) in [6.45, 7) is 8.99. The predicted molar refractivity (Wildman–Crippen MR) is 145 cm³/mol. The van der Waals surface area contributed by atoms with Crippen LogP contribution in [0, 0.1) is 0 Å². The zero-order valence-electron chi connectivity index (χ0n) is 22.4. The molecule has 2 saturated heterocycles. The summed E-state index contributed by atoms with van der Waals surface area (Å²) >= 11 is 0. The van der Waals surface area contributed by atoms with Gasteiger partial charge in [-0.3, -0.25) is 14.5 Å². The highest BCUT2D eigenvalue weighted by molar-refractivity contribution is 6.46. The highest BCUT2D eigenvalue weighted by Crippen LogP contribution is 2.40. The van der Waals surface area contributed by atoms with E-state index in [2.05, 4.69) is 11.8 Å². The molecule has 1 atom stereocenters. The van der Waals surface area contributed by atoms with Crippen molar-refractivity contribution in [2.45, 2.75) is 39.2 Å². The van der Waals surface area contributed by atoms with Crippen LogP contribution in [0.4, 0.5) is 0 Å². The molecule has 0 radical (unpaired) electrons. The molecule has 2 aliphatic heterocycles. The van der Waals surface area contributed by atoms with Crippen LogP contribution in [-0.4, -0.2) is 79.2 Å². The lowest BCUT2D eigenvalue weighted by atomic mass is 9.95. The van der Waals surface area contributed by atoms with Crippen LogP contribution in [0.25, 0.3) is 5.76 Å². The van der Waals surface area contributed by atoms with Crippen LogP contribution in [0.2, 0.25) is 0 Å². The molecule has 204 valence electrons. The third-order valence-electron chi connectivity index (χ3n) is 6.93. The quantitative estimate of drug-likeness (QED) is 0.191. The Kier molecular flexibility index (Phi) is 9.79. The van der Waals surface area contributed by atoms with Gasteiger partial charge in [-0.2, -0.15) is 0 Å². The van der Waals surface area contributed by atoms with Crippen molar-refractivity contribution in [1.82, 2.24) is 9.80 Å². The van der Waals surface area contributed by atoms with E-state index in [4.69, 9.17) is 14.2 Å². The molecule has 0 spiro atoms. The monoisotopic (exact) mass is 522 g/mol. The van der Waals surface area contributed by atoms with E-state index in [0.29, 0.717) is 56.6 Å². The Morgan fingerprint density at radius 2 is 1.74 bits per heavy atom. The van der Waals surface area contributed by atoms with E-state index in [0.717, 1.165) is 37.9 Å². The van der Waals surface area contributed by atoms with Gasteiger partial charge >= 0.3 is 0 Å². The van der Waals surface area contributed by atoms with Crippen LogP contribution in [0.1, 0.15) is 50.3 Å². The minimum absolute atomic E-state index is 0.0873. The van der Waals surface area contributed by atoms with Crippen LogP contribution in [0.3, 0.4) is 0 Å². The van der Waals surface area contributed by atoms with Crippen molar-refractivity contribution in [2.24, 2.45) is 0 Å². The molecule has 0 aliphatic carbocycles. The first-order chi connectivity index (χ1) is 18.5. The molecule has 2 aromatic carbocycles. The Morgan fingerprint density at radius 3 is 2.45 bits per heavy atom. The minimum atomic E-state index is -0.721. The van der Waals surface area contributed by atoms with Gasteiger partial charge < -0.3 is 24.2 Å². The number of likely N-dealkylation sites (tertiary alicyclic amines) is 1. The van der Waals surface area contributed by atoms with Gasteiger partial charge in [-0.05, 0) is 55.3 Å². The van der Waals surface area contributed by atoms with Crippen molar-refractivity contribution in [3.63, 3.8) is 0 Å². The number of carbonyl (C=O) groups excluding carboxylic acids is 2. The molecule has 2 aliphatic rings. The third-order valence-corrected chi connectivity index (χ3v) is 6.93. The summed E-state index contributed by atoms with van der Waals surface area (Å²) in [7, 11) is 0. The number of ketones is 1. The van der Waals surface area contributed by atoms with Crippen molar-refractivity contribution in [3.8, 4) is 11.5 Å². The fourth-order valence-electron chi connectivity index (χ4n) is 4.88. The second-order valence-corrected chi connectivity index (χ2v) is 9.53. The smallest absolute Gasteiger partial charge is 0.295 e. The molecule has 38 heavy (non-hydrogen) atoms. The maximum Gasteiger partial charge on any atom is 0.295 e. The van der Waals surface area contributed by atoms with Crippen molar-refractivity contribution in [1.29, 1.82) is 0 Å². The van der Waals surface area contributed by atoms with Gasteiger partial charge in [0.05, 0.1) is 38.0 Å². The van der Waals surface area contributed by atoms with Crippen molar-refractivity contribution in [3.05, 3.63) is 65.2 Å². The standard InChI is InChI=1S/C30H38N2O6/c1-3-5-6-18-38-25-9-7-8-23(21-25)27-26(28(33)22-10-12-24(13-11-22)37-4-2)29(34)30(35)32(27)15-14-31-16-19-36-20-17-31/h7-13,21,27,33H,3-6,14-20H2,1-2H3/b28-26+. The average Bonchev–Trinajstić information content (AvgIpc) is 3.20. The Morgan fingerprint density at radius 1 is 0.974 bits per heavy atom. The number of Topliss-reactive ketones (excluding diaryl/α,β-unsaturated/α-hetero) is 1. The SMILES string of the molecule is CCCCCOc1cccc(C2/C(=C(\O)c3ccc(OCC)cc3)C(=O)C(=O)N2CCN2CCOCC2)c1. The van der Waals surface area contributed by atoms with Gasteiger partial charge in [0, 0.05) is 31.7 Å². The van der Waals surface area contributed by atoms with Crippen LogP contribution in [0.5, 0.6) is 11.5 Å². The normalized spacial score (nSPS) is 19.6. The molecule has 8 nitrogen and oxygen atoms in total. The summed E-state index contributed by atoms with van der Waals surface area (Å²) in [5, 5.41) is 11.3. The molecular formula is C30H38N2O6. The topological polar surface area (TPSA) is 88.5 Å². The number of hydrogen-bond acceptors (Lipinski definition) is 7. The molecule has 8 heteroatoms. The van der Waals surface area contributed by atoms with Gasteiger partial charge in [-0.15, -0.1) is 0 Å². The van der Waals surface area contributed by atoms with Crippen LogP contribution >= 0.6 is 0 Å².